The van der Waals surface area contributed by atoms with E-state index in [9.17, 15) is 4.79 Å². The Morgan fingerprint density at radius 1 is 1.33 bits per heavy atom. The van der Waals surface area contributed by atoms with Gasteiger partial charge in [0.15, 0.2) is 0 Å². The highest BCUT2D eigenvalue weighted by molar-refractivity contribution is 6.01. The zero-order valence-corrected chi connectivity index (χ0v) is 12.5. The van der Waals surface area contributed by atoms with Crippen LogP contribution in [0.25, 0.3) is 0 Å². The van der Waals surface area contributed by atoms with Gasteiger partial charge in [-0.05, 0) is 23.6 Å². The Morgan fingerprint density at radius 2 is 2.05 bits per heavy atom. The lowest BCUT2D eigenvalue weighted by Crippen LogP contribution is -2.26. The van der Waals surface area contributed by atoms with Gasteiger partial charge in [0.1, 0.15) is 5.75 Å². The van der Waals surface area contributed by atoms with E-state index < -0.39 is 0 Å². The van der Waals surface area contributed by atoms with Crippen LogP contribution in [-0.4, -0.2) is 37.6 Å². The average Bonchev–Trinajstić information content (AvgIpc) is 2.86. The van der Waals surface area contributed by atoms with Gasteiger partial charge in [-0.25, -0.2) is 0 Å². The lowest BCUT2D eigenvalue weighted by molar-refractivity contribution is -0.115. The third-order valence-electron chi connectivity index (χ3n) is 3.67. The van der Waals surface area contributed by atoms with E-state index in [2.05, 4.69) is 29.4 Å². The highest BCUT2D eigenvalue weighted by Crippen LogP contribution is 2.35. The first-order valence-corrected chi connectivity index (χ1v) is 7.12. The Balaban J connectivity index is 2.14. The van der Waals surface area contributed by atoms with Crippen molar-refractivity contribution < 1.29 is 9.53 Å². The van der Waals surface area contributed by atoms with Crippen LogP contribution in [0.1, 0.15) is 11.1 Å². The highest BCUT2D eigenvalue weighted by atomic mass is 16.5. The number of methoxy groups -OCH3 is 1. The molecule has 1 aliphatic rings. The zero-order chi connectivity index (χ0) is 15.2. The summed E-state index contributed by atoms with van der Waals surface area (Å²) in [4.78, 5) is 13.9. The van der Waals surface area contributed by atoms with Crippen LogP contribution >= 0.6 is 0 Å². The Bertz CT molecular complexity index is 542. The van der Waals surface area contributed by atoms with Crippen molar-refractivity contribution in [3.05, 3.63) is 48.6 Å². The van der Waals surface area contributed by atoms with Crippen LogP contribution < -0.4 is 10.1 Å². The predicted octanol–water partition coefficient (Wildman–Crippen LogP) is 2.41. The fourth-order valence-electron chi connectivity index (χ4n) is 2.66. The van der Waals surface area contributed by atoms with Crippen LogP contribution in [0, 0.1) is 0 Å². The molecule has 1 N–H and O–H groups in total. The summed E-state index contributed by atoms with van der Waals surface area (Å²) in [6, 6.07) is 3.98. The van der Waals surface area contributed by atoms with E-state index in [-0.39, 0.29) is 5.91 Å². The van der Waals surface area contributed by atoms with Crippen LogP contribution in [0.3, 0.4) is 0 Å². The Morgan fingerprint density at radius 3 is 2.67 bits per heavy atom. The molecule has 0 saturated heterocycles. The van der Waals surface area contributed by atoms with Gasteiger partial charge >= 0.3 is 0 Å². The minimum Gasteiger partial charge on any atom is -0.495 e. The molecule has 2 rings (SSSR count). The molecule has 0 aromatic heterocycles. The number of benzene rings is 1. The maximum absolute atomic E-state index is 11.7. The van der Waals surface area contributed by atoms with E-state index >= 15 is 0 Å². The molecule has 0 saturated carbocycles. The van der Waals surface area contributed by atoms with Gasteiger partial charge < -0.3 is 10.1 Å². The second-order valence-electron chi connectivity index (χ2n) is 5.09. The average molecular weight is 286 g/mol. The molecule has 1 aliphatic heterocycles. The fourth-order valence-corrected chi connectivity index (χ4v) is 2.66. The van der Waals surface area contributed by atoms with Crippen LogP contribution in [0.2, 0.25) is 0 Å². The Kier molecular flexibility index (Phi) is 5.17. The van der Waals surface area contributed by atoms with Crippen molar-refractivity contribution >= 4 is 11.6 Å². The normalized spacial score (nSPS) is 13.0. The van der Waals surface area contributed by atoms with Crippen molar-refractivity contribution in [1.82, 2.24) is 4.90 Å². The van der Waals surface area contributed by atoms with E-state index in [0.717, 1.165) is 43.1 Å². The number of nitrogens with one attached hydrogen (secondary N) is 1. The molecule has 0 radical (unpaired) electrons. The summed E-state index contributed by atoms with van der Waals surface area (Å²) in [7, 11) is 1.62. The molecule has 0 aliphatic carbocycles. The van der Waals surface area contributed by atoms with Crippen molar-refractivity contribution in [2.45, 2.75) is 12.8 Å². The van der Waals surface area contributed by atoms with Crippen LogP contribution in [0.4, 0.5) is 5.69 Å². The van der Waals surface area contributed by atoms with Crippen molar-refractivity contribution in [3.8, 4) is 5.75 Å². The molecule has 0 bridgehead atoms. The van der Waals surface area contributed by atoms with Crippen LogP contribution in [0.5, 0.6) is 5.75 Å². The number of ether oxygens (including phenoxy) is 1. The van der Waals surface area contributed by atoms with Crippen molar-refractivity contribution in [3.63, 3.8) is 0 Å². The number of amides is 1. The number of rotatable bonds is 8. The summed E-state index contributed by atoms with van der Waals surface area (Å²) >= 11 is 0. The molecule has 0 unspecified atom stereocenters. The lowest BCUT2D eigenvalue weighted by atomic mass is 10.0. The minimum absolute atomic E-state index is 0.0322. The molecule has 0 fully saturated rings. The third kappa shape index (κ3) is 3.52. The van der Waals surface area contributed by atoms with Gasteiger partial charge in [-0.1, -0.05) is 18.2 Å². The second kappa shape index (κ2) is 7.09. The molecule has 1 aromatic carbocycles. The molecule has 0 spiro atoms. The molecule has 4 heteroatoms. The Labute approximate surface area is 126 Å². The van der Waals surface area contributed by atoms with E-state index in [1.807, 2.05) is 18.2 Å². The van der Waals surface area contributed by atoms with Crippen LogP contribution in [0.15, 0.2) is 37.4 Å². The molecule has 4 nitrogen and oxygen atoms in total. The van der Waals surface area contributed by atoms with E-state index in [1.54, 1.807) is 7.11 Å². The molecule has 0 atom stereocenters. The first-order valence-electron chi connectivity index (χ1n) is 7.12. The van der Waals surface area contributed by atoms with Gasteiger partial charge in [-0.3, -0.25) is 9.69 Å². The standard InChI is InChI=1S/C17H22N2O2/c1-4-9-19(10-5-2)11-8-13-6-7-15(21-3)17-14(13)12-16(20)18-17/h4-7H,1-2,8-12H2,3H3,(H,18,20). The molecule has 112 valence electrons. The summed E-state index contributed by atoms with van der Waals surface area (Å²) in [5.74, 6) is 0.762. The van der Waals surface area contributed by atoms with E-state index in [1.165, 1.54) is 5.56 Å². The monoisotopic (exact) mass is 286 g/mol. The van der Waals surface area contributed by atoms with Gasteiger partial charge in [0.05, 0.1) is 19.2 Å². The SMILES string of the molecule is C=CCN(CC=C)CCc1ccc(OC)c2c1CC(=O)N2. The Hall–Kier alpha value is -2.07. The predicted molar refractivity (Wildman–Crippen MR) is 85.9 cm³/mol. The van der Waals surface area contributed by atoms with Gasteiger partial charge in [0, 0.05) is 19.6 Å². The smallest absolute Gasteiger partial charge is 0.228 e. The molecular weight excluding hydrogens is 264 g/mol. The van der Waals surface area contributed by atoms with Crippen LogP contribution in [-0.2, 0) is 17.6 Å². The summed E-state index contributed by atoms with van der Waals surface area (Å²) in [5, 5.41) is 2.89. The maximum Gasteiger partial charge on any atom is 0.228 e. The number of carbonyl (C=O) groups excluding carboxylic acids is 1. The number of hydrogen-bond acceptors (Lipinski definition) is 3. The minimum atomic E-state index is 0.0322. The summed E-state index contributed by atoms with van der Waals surface area (Å²) in [6.07, 6.45) is 5.12. The molecule has 21 heavy (non-hydrogen) atoms. The van der Waals surface area contributed by atoms with Crippen molar-refractivity contribution in [2.24, 2.45) is 0 Å². The topological polar surface area (TPSA) is 41.6 Å². The highest BCUT2D eigenvalue weighted by Gasteiger charge is 2.24. The summed E-state index contributed by atoms with van der Waals surface area (Å²) < 4.78 is 5.31. The van der Waals surface area contributed by atoms with Gasteiger partial charge in [0.25, 0.3) is 0 Å². The molecule has 1 amide bonds. The number of nitrogens with zero attached hydrogens (tertiary/aromatic N) is 1. The maximum atomic E-state index is 11.7. The molecular formula is C17H22N2O2. The number of fused-ring (bicyclic) bond motifs is 1. The largest absolute Gasteiger partial charge is 0.495 e. The van der Waals surface area contributed by atoms with Gasteiger partial charge in [-0.15, -0.1) is 13.2 Å². The number of hydrogen-bond donors (Lipinski definition) is 1. The van der Waals surface area contributed by atoms with E-state index in [0.29, 0.717) is 6.42 Å². The quantitative estimate of drug-likeness (QED) is 0.746. The lowest BCUT2D eigenvalue weighted by Gasteiger charge is -2.19. The van der Waals surface area contributed by atoms with E-state index in [4.69, 9.17) is 4.74 Å². The second-order valence-corrected chi connectivity index (χ2v) is 5.09. The molecule has 1 heterocycles. The first-order chi connectivity index (χ1) is 10.2. The van der Waals surface area contributed by atoms with Crippen molar-refractivity contribution in [1.29, 1.82) is 0 Å². The third-order valence-corrected chi connectivity index (χ3v) is 3.67. The number of anilines is 1. The van der Waals surface area contributed by atoms with Crippen molar-refractivity contribution in [2.75, 3.05) is 32.1 Å². The zero-order valence-electron chi connectivity index (χ0n) is 12.5. The fraction of sp³-hybridized carbons (Fsp3) is 0.353. The number of carbonyl (C=O) groups is 1. The van der Waals surface area contributed by atoms with Gasteiger partial charge in [-0.2, -0.15) is 0 Å². The summed E-state index contributed by atoms with van der Waals surface area (Å²) in [6.45, 7) is 10.1. The summed E-state index contributed by atoms with van der Waals surface area (Å²) in [5.41, 5.74) is 3.10. The van der Waals surface area contributed by atoms with Gasteiger partial charge in [0.2, 0.25) is 5.91 Å². The molecule has 1 aromatic rings. The first kappa shape index (κ1) is 15.3.